The summed E-state index contributed by atoms with van der Waals surface area (Å²) in [5.41, 5.74) is 0.989. The number of aliphatic hydroxyl groups excluding tert-OH is 1. The number of Topliss-reactive ketones (excluding diaryl/α,β-unsaturated/α-hetero) is 1. The molecule has 0 aromatic heterocycles. The monoisotopic (exact) mass is 488 g/mol. The van der Waals surface area contributed by atoms with E-state index in [9.17, 15) is 34.7 Å². The topological polar surface area (TPSA) is 147 Å². The summed E-state index contributed by atoms with van der Waals surface area (Å²) in [5.74, 6) is -2.94. The third-order valence-electron chi connectivity index (χ3n) is 5.81. The van der Waals surface area contributed by atoms with Gasteiger partial charge >= 0.3 is 5.97 Å². The number of nitrogens with zero attached hydrogens (tertiary/aromatic N) is 2. The Morgan fingerprint density at radius 3 is 2.25 bits per heavy atom. The molecule has 3 aromatic carbocycles. The second-order valence-corrected chi connectivity index (χ2v) is 8.01. The Morgan fingerprint density at radius 1 is 1.03 bits per heavy atom. The minimum Gasteiger partial charge on any atom is -0.508 e. The van der Waals surface area contributed by atoms with E-state index in [1.165, 1.54) is 60.5 Å². The number of ether oxygens (including phenoxy) is 1. The van der Waals surface area contributed by atoms with Gasteiger partial charge in [0.05, 0.1) is 29.2 Å². The first-order chi connectivity index (χ1) is 17.2. The molecule has 4 rings (SSSR count). The SMILES string of the molecule is COC(=O)c1ccc(CN2C(=O)C(=O)/C(=C(\O)c3ccc([N+](=O)[O-])cc3)C2c2cccc(O)c2)cc1. The van der Waals surface area contributed by atoms with Crippen molar-refractivity contribution >= 4 is 29.1 Å². The summed E-state index contributed by atoms with van der Waals surface area (Å²) in [5, 5.41) is 32.1. The van der Waals surface area contributed by atoms with E-state index < -0.39 is 34.4 Å². The van der Waals surface area contributed by atoms with Crippen LogP contribution in [0.25, 0.3) is 5.76 Å². The van der Waals surface area contributed by atoms with Gasteiger partial charge in [0.2, 0.25) is 0 Å². The highest BCUT2D eigenvalue weighted by atomic mass is 16.6. The number of hydrogen-bond donors (Lipinski definition) is 2. The number of aromatic hydroxyl groups is 1. The summed E-state index contributed by atoms with van der Waals surface area (Å²) in [7, 11) is 1.26. The maximum Gasteiger partial charge on any atom is 0.337 e. The maximum atomic E-state index is 13.1. The number of ketones is 1. The van der Waals surface area contributed by atoms with Crippen molar-refractivity contribution in [3.8, 4) is 5.75 Å². The van der Waals surface area contributed by atoms with Crippen LogP contribution in [0.3, 0.4) is 0 Å². The molecule has 182 valence electrons. The summed E-state index contributed by atoms with van der Waals surface area (Å²) < 4.78 is 4.69. The van der Waals surface area contributed by atoms with Gasteiger partial charge in [0.25, 0.3) is 17.4 Å². The number of nitro groups is 1. The van der Waals surface area contributed by atoms with Gasteiger partial charge in [-0.3, -0.25) is 19.7 Å². The molecule has 3 aromatic rings. The van der Waals surface area contributed by atoms with Crippen molar-refractivity contribution in [2.24, 2.45) is 0 Å². The zero-order chi connectivity index (χ0) is 26.0. The van der Waals surface area contributed by atoms with Crippen molar-refractivity contribution in [3.05, 3.63) is 111 Å². The number of likely N-dealkylation sites (tertiary alicyclic amines) is 1. The molecule has 0 saturated carbocycles. The number of phenolic OH excluding ortho intramolecular Hbond substituents is 1. The van der Waals surface area contributed by atoms with E-state index in [0.29, 0.717) is 16.7 Å². The lowest BCUT2D eigenvalue weighted by Crippen LogP contribution is -2.29. The van der Waals surface area contributed by atoms with Crippen LogP contribution >= 0.6 is 0 Å². The van der Waals surface area contributed by atoms with Gasteiger partial charge in [0.15, 0.2) is 0 Å². The van der Waals surface area contributed by atoms with Crippen molar-refractivity contribution in [2.75, 3.05) is 7.11 Å². The predicted molar refractivity (Wildman–Crippen MR) is 127 cm³/mol. The fourth-order valence-electron chi connectivity index (χ4n) is 4.04. The van der Waals surface area contributed by atoms with Crippen LogP contribution in [-0.4, -0.2) is 44.8 Å². The molecule has 1 aliphatic heterocycles. The van der Waals surface area contributed by atoms with Crippen molar-refractivity contribution in [3.63, 3.8) is 0 Å². The molecule has 0 aliphatic carbocycles. The standard InChI is InChI=1S/C26H20N2O8/c1-36-26(33)17-7-5-15(6-8-17)14-27-22(18-3-2-4-20(29)13-18)21(24(31)25(27)32)23(30)16-9-11-19(12-10-16)28(34)35/h2-13,22,29-30H,14H2,1H3/b23-21-. The summed E-state index contributed by atoms with van der Waals surface area (Å²) in [6, 6.07) is 16.1. The summed E-state index contributed by atoms with van der Waals surface area (Å²) in [6.45, 7) is -0.0383. The number of methoxy groups -OCH3 is 1. The number of nitro benzene ring substituents is 1. The molecule has 10 heteroatoms. The largest absolute Gasteiger partial charge is 0.508 e. The molecule has 0 bridgehead atoms. The molecule has 1 atom stereocenters. The van der Waals surface area contributed by atoms with Gasteiger partial charge < -0.3 is 19.8 Å². The van der Waals surface area contributed by atoms with Crippen molar-refractivity contribution < 1.29 is 34.3 Å². The van der Waals surface area contributed by atoms with E-state index in [1.807, 2.05) is 0 Å². The molecule has 1 saturated heterocycles. The van der Waals surface area contributed by atoms with Crippen molar-refractivity contribution in [2.45, 2.75) is 12.6 Å². The van der Waals surface area contributed by atoms with E-state index in [1.54, 1.807) is 24.3 Å². The molecule has 1 amide bonds. The Balaban J connectivity index is 1.79. The highest BCUT2D eigenvalue weighted by Gasteiger charge is 2.46. The van der Waals surface area contributed by atoms with E-state index in [4.69, 9.17) is 0 Å². The average Bonchev–Trinajstić information content (AvgIpc) is 3.13. The minimum absolute atomic E-state index is 0.0383. The Hall–Kier alpha value is -4.99. The van der Waals surface area contributed by atoms with Crippen LogP contribution < -0.4 is 0 Å². The van der Waals surface area contributed by atoms with Crippen molar-refractivity contribution in [1.29, 1.82) is 0 Å². The van der Waals surface area contributed by atoms with Crippen LogP contribution in [0.5, 0.6) is 5.75 Å². The summed E-state index contributed by atoms with van der Waals surface area (Å²) in [4.78, 5) is 49.5. The van der Waals surface area contributed by atoms with Crippen LogP contribution in [-0.2, 0) is 20.9 Å². The number of amides is 1. The molecule has 1 unspecified atom stereocenters. The van der Waals surface area contributed by atoms with Gasteiger partial charge in [-0.25, -0.2) is 4.79 Å². The molecule has 1 fully saturated rings. The quantitative estimate of drug-likeness (QED) is 0.133. The normalized spacial score (nSPS) is 16.7. The van der Waals surface area contributed by atoms with Gasteiger partial charge in [0, 0.05) is 24.2 Å². The third-order valence-corrected chi connectivity index (χ3v) is 5.81. The van der Waals surface area contributed by atoms with E-state index in [2.05, 4.69) is 4.74 Å². The lowest BCUT2D eigenvalue weighted by Gasteiger charge is -2.25. The molecule has 36 heavy (non-hydrogen) atoms. The van der Waals surface area contributed by atoms with Crippen LogP contribution in [0, 0.1) is 10.1 Å². The van der Waals surface area contributed by atoms with Gasteiger partial charge in [0.1, 0.15) is 11.5 Å². The first-order valence-corrected chi connectivity index (χ1v) is 10.7. The first kappa shape index (κ1) is 24.1. The first-order valence-electron chi connectivity index (χ1n) is 10.7. The van der Waals surface area contributed by atoms with Crippen LogP contribution in [0.4, 0.5) is 5.69 Å². The molecule has 0 radical (unpaired) electrons. The number of esters is 1. The molecular formula is C26H20N2O8. The fraction of sp³-hybridized carbons (Fsp3) is 0.115. The zero-order valence-corrected chi connectivity index (χ0v) is 19.0. The molecule has 10 nitrogen and oxygen atoms in total. The number of carbonyl (C=O) groups is 3. The van der Waals surface area contributed by atoms with Gasteiger partial charge in [-0.2, -0.15) is 0 Å². The summed E-state index contributed by atoms with van der Waals surface area (Å²) in [6.07, 6.45) is 0. The molecular weight excluding hydrogens is 468 g/mol. The van der Waals surface area contributed by atoms with Crippen molar-refractivity contribution in [1.82, 2.24) is 4.90 Å². The van der Waals surface area contributed by atoms with Crippen LogP contribution in [0.15, 0.2) is 78.4 Å². The second kappa shape index (κ2) is 9.71. The second-order valence-electron chi connectivity index (χ2n) is 8.01. The predicted octanol–water partition coefficient (Wildman–Crippen LogP) is 3.71. The molecule has 0 spiro atoms. The number of non-ortho nitro benzene ring substituents is 1. The Bertz CT molecular complexity index is 1390. The van der Waals surface area contributed by atoms with E-state index in [0.717, 1.165) is 0 Å². The highest BCUT2D eigenvalue weighted by molar-refractivity contribution is 6.46. The lowest BCUT2D eigenvalue weighted by atomic mass is 9.95. The summed E-state index contributed by atoms with van der Waals surface area (Å²) >= 11 is 0. The van der Waals surface area contributed by atoms with Gasteiger partial charge in [-0.15, -0.1) is 0 Å². The van der Waals surface area contributed by atoms with Crippen LogP contribution in [0.1, 0.15) is 33.1 Å². The van der Waals surface area contributed by atoms with E-state index in [-0.39, 0.29) is 29.1 Å². The Kier molecular flexibility index (Phi) is 6.51. The molecule has 2 N–H and O–H groups in total. The Labute approximate surface area is 204 Å². The number of phenols is 1. The minimum atomic E-state index is -1.05. The fourth-order valence-corrected chi connectivity index (χ4v) is 4.04. The van der Waals surface area contributed by atoms with Gasteiger partial charge in [-0.1, -0.05) is 24.3 Å². The maximum absolute atomic E-state index is 13.1. The molecule has 1 heterocycles. The number of hydrogen-bond acceptors (Lipinski definition) is 8. The highest BCUT2D eigenvalue weighted by Crippen LogP contribution is 2.41. The zero-order valence-electron chi connectivity index (χ0n) is 19.0. The van der Waals surface area contributed by atoms with E-state index >= 15 is 0 Å². The average molecular weight is 488 g/mol. The Morgan fingerprint density at radius 2 is 1.67 bits per heavy atom. The molecule has 1 aliphatic rings. The third kappa shape index (κ3) is 4.51. The number of rotatable bonds is 6. The van der Waals surface area contributed by atoms with Gasteiger partial charge in [-0.05, 0) is 47.5 Å². The number of aliphatic hydroxyl groups is 1. The number of carbonyl (C=O) groups excluding carboxylic acids is 3. The van der Waals surface area contributed by atoms with Crippen LogP contribution in [0.2, 0.25) is 0 Å². The lowest BCUT2D eigenvalue weighted by molar-refractivity contribution is -0.384. The number of benzene rings is 3. The smallest absolute Gasteiger partial charge is 0.337 e.